The second-order valence-electron chi connectivity index (χ2n) is 4.46. The third-order valence-corrected chi connectivity index (χ3v) is 3.02. The van der Waals surface area contributed by atoms with Gasteiger partial charge < -0.3 is 9.47 Å². The van der Waals surface area contributed by atoms with Crippen LogP contribution in [-0.2, 0) is 15.5 Å². The van der Waals surface area contributed by atoms with E-state index in [4.69, 9.17) is 4.74 Å². The summed E-state index contributed by atoms with van der Waals surface area (Å²) in [4.78, 5) is 15.5. The number of ether oxygens (including phenoxy) is 2. The summed E-state index contributed by atoms with van der Waals surface area (Å²) in [5.74, 6) is -4.71. The van der Waals surface area contributed by atoms with Gasteiger partial charge in [0.2, 0.25) is 0 Å². The number of esters is 1. The average molecular weight is 307 g/mol. The number of pyridine rings is 1. The van der Waals surface area contributed by atoms with Crippen LogP contribution in [-0.4, -0.2) is 24.7 Å². The van der Waals surface area contributed by atoms with E-state index >= 15 is 0 Å². The van der Waals surface area contributed by atoms with Crippen molar-refractivity contribution in [3.05, 3.63) is 48.2 Å². The van der Waals surface area contributed by atoms with Gasteiger partial charge in [0.15, 0.2) is 0 Å². The number of hydrogen-bond donors (Lipinski definition) is 0. The molecule has 0 N–H and O–H groups in total. The number of carbonyl (C=O) groups excluding carboxylic acids is 1. The van der Waals surface area contributed by atoms with E-state index in [9.17, 15) is 13.6 Å². The van der Waals surface area contributed by atoms with Gasteiger partial charge in [-0.2, -0.15) is 8.78 Å². The lowest BCUT2D eigenvalue weighted by Gasteiger charge is -2.15. The number of hydrogen-bond acceptors (Lipinski definition) is 4. The van der Waals surface area contributed by atoms with Crippen molar-refractivity contribution in [2.45, 2.75) is 12.8 Å². The molecule has 4 nitrogen and oxygen atoms in total. The molecule has 2 rings (SSSR count). The number of aromatic nitrogens is 1. The number of methoxy groups -OCH3 is 1. The minimum Gasteiger partial charge on any atom is -0.497 e. The SMILES string of the molecule is CCOC(=O)C(F)(F)c1cccc(-c2cc(OC)ccn2)c1. The van der Waals surface area contributed by atoms with Crippen LogP contribution in [0.5, 0.6) is 5.75 Å². The molecule has 6 heteroatoms. The molecule has 1 aromatic carbocycles. The van der Waals surface area contributed by atoms with E-state index in [2.05, 4.69) is 9.72 Å². The van der Waals surface area contributed by atoms with Crippen LogP contribution in [0.15, 0.2) is 42.6 Å². The van der Waals surface area contributed by atoms with Gasteiger partial charge in [-0.3, -0.25) is 4.98 Å². The highest BCUT2D eigenvalue weighted by Crippen LogP contribution is 2.32. The molecule has 0 amide bonds. The molecule has 2 aromatic rings. The van der Waals surface area contributed by atoms with Gasteiger partial charge in [0.25, 0.3) is 0 Å². The van der Waals surface area contributed by atoms with Crippen molar-refractivity contribution in [2.75, 3.05) is 13.7 Å². The van der Waals surface area contributed by atoms with Crippen LogP contribution in [0.3, 0.4) is 0 Å². The topological polar surface area (TPSA) is 48.4 Å². The van der Waals surface area contributed by atoms with E-state index in [1.54, 1.807) is 18.2 Å². The standard InChI is InChI=1S/C16H15F2NO3/c1-3-22-15(20)16(17,18)12-6-4-5-11(9-12)14-10-13(21-2)7-8-19-14/h4-10H,3H2,1-2H3. The monoisotopic (exact) mass is 307 g/mol. The maximum atomic E-state index is 14.1. The van der Waals surface area contributed by atoms with Gasteiger partial charge in [0, 0.05) is 23.4 Å². The first kappa shape index (κ1) is 15.9. The number of halogens is 2. The summed E-state index contributed by atoms with van der Waals surface area (Å²) in [6.45, 7) is 1.37. The minimum atomic E-state index is -3.70. The van der Waals surface area contributed by atoms with Crippen LogP contribution < -0.4 is 4.74 Å². The van der Waals surface area contributed by atoms with Gasteiger partial charge in [0.05, 0.1) is 19.4 Å². The molecular formula is C16H15F2NO3. The molecule has 0 atom stereocenters. The van der Waals surface area contributed by atoms with Crippen molar-refractivity contribution >= 4 is 5.97 Å². The van der Waals surface area contributed by atoms with Gasteiger partial charge in [-0.25, -0.2) is 4.79 Å². The highest BCUT2D eigenvalue weighted by molar-refractivity contribution is 5.80. The predicted molar refractivity (Wildman–Crippen MR) is 76.8 cm³/mol. The number of carbonyl (C=O) groups is 1. The molecule has 1 aromatic heterocycles. The molecule has 0 spiro atoms. The summed E-state index contributed by atoms with van der Waals surface area (Å²) < 4.78 is 37.6. The second kappa shape index (κ2) is 6.51. The number of rotatable bonds is 5. The summed E-state index contributed by atoms with van der Waals surface area (Å²) in [6.07, 6.45) is 1.52. The number of nitrogens with zero attached hydrogens (tertiary/aromatic N) is 1. The smallest absolute Gasteiger partial charge is 0.381 e. The lowest BCUT2D eigenvalue weighted by molar-refractivity contribution is -0.173. The molecule has 0 unspecified atom stereocenters. The van der Waals surface area contributed by atoms with Gasteiger partial charge in [-0.15, -0.1) is 0 Å². The summed E-state index contributed by atoms with van der Waals surface area (Å²) in [5, 5.41) is 0. The van der Waals surface area contributed by atoms with Crippen molar-refractivity contribution in [1.82, 2.24) is 4.98 Å². The van der Waals surface area contributed by atoms with Crippen molar-refractivity contribution in [1.29, 1.82) is 0 Å². The Morgan fingerprint density at radius 3 is 2.73 bits per heavy atom. The quantitative estimate of drug-likeness (QED) is 0.794. The molecule has 0 saturated carbocycles. The molecule has 0 fully saturated rings. The van der Waals surface area contributed by atoms with Crippen LogP contribution in [0, 0.1) is 0 Å². The first-order valence-electron chi connectivity index (χ1n) is 6.65. The largest absolute Gasteiger partial charge is 0.497 e. The van der Waals surface area contributed by atoms with E-state index < -0.39 is 17.5 Å². The van der Waals surface area contributed by atoms with E-state index in [0.717, 1.165) is 0 Å². The summed E-state index contributed by atoms with van der Waals surface area (Å²) >= 11 is 0. The fourth-order valence-corrected chi connectivity index (χ4v) is 1.91. The predicted octanol–water partition coefficient (Wildman–Crippen LogP) is 3.41. The Balaban J connectivity index is 2.39. The molecule has 0 saturated heterocycles. The molecule has 0 aliphatic carbocycles. The Bertz CT molecular complexity index is 674. The molecule has 22 heavy (non-hydrogen) atoms. The molecule has 0 aliphatic heterocycles. The lowest BCUT2D eigenvalue weighted by atomic mass is 10.0. The highest BCUT2D eigenvalue weighted by atomic mass is 19.3. The molecule has 1 heterocycles. The Labute approximate surface area is 126 Å². The second-order valence-corrected chi connectivity index (χ2v) is 4.46. The number of alkyl halides is 2. The fraction of sp³-hybridized carbons (Fsp3) is 0.250. The van der Waals surface area contributed by atoms with Crippen LogP contribution in [0.4, 0.5) is 8.78 Å². The Hall–Kier alpha value is -2.50. The fourth-order valence-electron chi connectivity index (χ4n) is 1.91. The Morgan fingerprint density at radius 2 is 2.05 bits per heavy atom. The zero-order chi connectivity index (χ0) is 16.2. The first-order valence-corrected chi connectivity index (χ1v) is 6.65. The van der Waals surface area contributed by atoms with Gasteiger partial charge in [-0.1, -0.05) is 18.2 Å². The van der Waals surface area contributed by atoms with Crippen LogP contribution in [0.2, 0.25) is 0 Å². The third kappa shape index (κ3) is 3.21. The van der Waals surface area contributed by atoms with Crippen LogP contribution >= 0.6 is 0 Å². The summed E-state index contributed by atoms with van der Waals surface area (Å²) in [6, 6.07) is 8.76. The number of benzene rings is 1. The maximum absolute atomic E-state index is 14.1. The highest BCUT2D eigenvalue weighted by Gasteiger charge is 2.42. The van der Waals surface area contributed by atoms with E-state index in [0.29, 0.717) is 17.0 Å². The van der Waals surface area contributed by atoms with Gasteiger partial charge in [-0.05, 0) is 19.1 Å². The molecule has 0 bridgehead atoms. The zero-order valence-corrected chi connectivity index (χ0v) is 12.2. The minimum absolute atomic E-state index is 0.106. The molecule has 0 radical (unpaired) electrons. The summed E-state index contributed by atoms with van der Waals surface area (Å²) in [5.41, 5.74) is 0.495. The van der Waals surface area contributed by atoms with Crippen LogP contribution in [0.1, 0.15) is 12.5 Å². The van der Waals surface area contributed by atoms with E-state index in [1.165, 1.54) is 38.4 Å². The molecule has 0 aliphatic rings. The van der Waals surface area contributed by atoms with Crippen molar-refractivity contribution < 1.29 is 23.0 Å². The third-order valence-electron chi connectivity index (χ3n) is 3.02. The van der Waals surface area contributed by atoms with E-state index in [1.807, 2.05) is 0 Å². The Morgan fingerprint density at radius 1 is 1.27 bits per heavy atom. The van der Waals surface area contributed by atoms with Crippen molar-refractivity contribution in [2.24, 2.45) is 0 Å². The molecule has 116 valence electrons. The normalized spacial score (nSPS) is 11.1. The Kier molecular flexibility index (Phi) is 4.70. The first-order chi connectivity index (χ1) is 10.5. The lowest BCUT2D eigenvalue weighted by Crippen LogP contribution is -2.28. The van der Waals surface area contributed by atoms with Gasteiger partial charge in [0.1, 0.15) is 5.75 Å². The average Bonchev–Trinajstić information content (AvgIpc) is 2.55. The summed E-state index contributed by atoms with van der Waals surface area (Å²) in [7, 11) is 1.50. The van der Waals surface area contributed by atoms with Crippen LogP contribution in [0.25, 0.3) is 11.3 Å². The van der Waals surface area contributed by atoms with Crippen molar-refractivity contribution in [3.8, 4) is 17.0 Å². The van der Waals surface area contributed by atoms with E-state index in [-0.39, 0.29) is 6.61 Å². The molecular weight excluding hydrogens is 292 g/mol. The van der Waals surface area contributed by atoms with Gasteiger partial charge >= 0.3 is 11.9 Å². The van der Waals surface area contributed by atoms with Crippen molar-refractivity contribution in [3.63, 3.8) is 0 Å². The maximum Gasteiger partial charge on any atom is 0.381 e. The zero-order valence-electron chi connectivity index (χ0n) is 12.2.